The highest BCUT2D eigenvalue weighted by molar-refractivity contribution is 6.39. The third kappa shape index (κ3) is 3.34. The highest BCUT2D eigenvalue weighted by atomic mass is 35.5. The quantitative estimate of drug-likeness (QED) is 0.874. The molecule has 0 spiro atoms. The van der Waals surface area contributed by atoms with Gasteiger partial charge in [0.15, 0.2) is 0 Å². The van der Waals surface area contributed by atoms with Crippen LogP contribution in [0.25, 0.3) is 0 Å². The summed E-state index contributed by atoms with van der Waals surface area (Å²) in [6.45, 7) is 2.82. The first-order valence-corrected chi connectivity index (χ1v) is 7.98. The first kappa shape index (κ1) is 14.7. The molecule has 0 saturated carbocycles. The van der Waals surface area contributed by atoms with Crippen LogP contribution in [0.4, 0.5) is 5.69 Å². The van der Waals surface area contributed by atoms with Gasteiger partial charge in [-0.15, -0.1) is 0 Å². The van der Waals surface area contributed by atoms with Crippen molar-refractivity contribution < 1.29 is 0 Å². The number of hydrogen-bond acceptors (Lipinski definition) is 2. The molecule has 1 aliphatic heterocycles. The lowest BCUT2D eigenvalue weighted by molar-refractivity contribution is 0.570. The lowest BCUT2D eigenvalue weighted by Gasteiger charge is -2.28. The second-order valence-corrected chi connectivity index (χ2v) is 6.10. The zero-order valence-electron chi connectivity index (χ0n) is 11.7. The van der Waals surface area contributed by atoms with Crippen molar-refractivity contribution in [2.75, 3.05) is 24.5 Å². The molecule has 1 saturated heterocycles. The Balaban J connectivity index is 1.89. The molecule has 1 heterocycles. The smallest absolute Gasteiger partial charge is 0.0745 e. The van der Waals surface area contributed by atoms with E-state index in [4.69, 9.17) is 23.2 Å². The number of hydrogen-bond donors (Lipinski definition) is 1. The molecular weight excluding hydrogens is 303 g/mol. The SMILES string of the molecule is Clc1cccc(Cl)c1N1CCCNC(c2ccccc2)C1. The van der Waals surface area contributed by atoms with Gasteiger partial charge in [0.25, 0.3) is 0 Å². The fraction of sp³-hybridized carbons (Fsp3) is 0.294. The van der Waals surface area contributed by atoms with E-state index in [1.807, 2.05) is 24.3 Å². The van der Waals surface area contributed by atoms with Crippen LogP contribution >= 0.6 is 23.2 Å². The van der Waals surface area contributed by atoms with Crippen molar-refractivity contribution in [3.05, 3.63) is 64.1 Å². The van der Waals surface area contributed by atoms with Crippen LogP contribution in [0, 0.1) is 0 Å². The largest absolute Gasteiger partial charge is 0.367 e. The van der Waals surface area contributed by atoms with E-state index in [1.54, 1.807) is 0 Å². The van der Waals surface area contributed by atoms with Crippen LogP contribution in [0.2, 0.25) is 10.0 Å². The summed E-state index contributed by atoms with van der Waals surface area (Å²) in [4.78, 5) is 2.29. The third-order valence-corrected chi connectivity index (χ3v) is 4.46. The Labute approximate surface area is 135 Å². The second kappa shape index (κ2) is 6.69. The van der Waals surface area contributed by atoms with Gasteiger partial charge in [-0.25, -0.2) is 0 Å². The van der Waals surface area contributed by atoms with E-state index in [-0.39, 0.29) is 0 Å². The number of anilines is 1. The molecule has 4 heteroatoms. The summed E-state index contributed by atoms with van der Waals surface area (Å²) in [5, 5.41) is 5.05. The van der Waals surface area contributed by atoms with E-state index >= 15 is 0 Å². The molecule has 0 radical (unpaired) electrons. The van der Waals surface area contributed by atoms with Gasteiger partial charge in [0.05, 0.1) is 15.7 Å². The predicted molar refractivity (Wildman–Crippen MR) is 90.5 cm³/mol. The zero-order valence-corrected chi connectivity index (χ0v) is 13.2. The number of para-hydroxylation sites is 1. The van der Waals surface area contributed by atoms with Gasteiger partial charge in [0, 0.05) is 19.1 Å². The summed E-state index contributed by atoms with van der Waals surface area (Å²) in [7, 11) is 0. The number of halogens is 2. The number of nitrogens with one attached hydrogen (secondary N) is 1. The molecule has 0 bridgehead atoms. The molecule has 1 aliphatic rings. The lowest BCUT2D eigenvalue weighted by Crippen LogP contribution is -2.31. The van der Waals surface area contributed by atoms with E-state index in [2.05, 4.69) is 34.5 Å². The van der Waals surface area contributed by atoms with E-state index in [0.717, 1.165) is 41.8 Å². The van der Waals surface area contributed by atoms with Crippen LogP contribution in [0.5, 0.6) is 0 Å². The van der Waals surface area contributed by atoms with Crippen molar-refractivity contribution in [2.45, 2.75) is 12.5 Å². The Morgan fingerprint density at radius 2 is 1.67 bits per heavy atom. The van der Waals surface area contributed by atoms with Crippen LogP contribution in [0.1, 0.15) is 18.0 Å². The van der Waals surface area contributed by atoms with Gasteiger partial charge in [-0.05, 0) is 30.7 Å². The van der Waals surface area contributed by atoms with Gasteiger partial charge < -0.3 is 10.2 Å². The maximum Gasteiger partial charge on any atom is 0.0745 e. The Hall–Kier alpha value is -1.22. The average Bonchev–Trinajstić information content (AvgIpc) is 2.74. The number of nitrogens with zero attached hydrogens (tertiary/aromatic N) is 1. The van der Waals surface area contributed by atoms with Gasteiger partial charge in [-0.1, -0.05) is 59.6 Å². The molecule has 1 atom stereocenters. The molecule has 0 amide bonds. The van der Waals surface area contributed by atoms with Crippen LogP contribution in [0.3, 0.4) is 0 Å². The standard InChI is InChI=1S/C17H18Cl2N2/c18-14-8-4-9-15(19)17(14)21-11-5-10-20-16(12-21)13-6-2-1-3-7-13/h1-4,6-9,16,20H,5,10-12H2. The monoisotopic (exact) mass is 320 g/mol. The molecule has 21 heavy (non-hydrogen) atoms. The molecule has 2 aromatic rings. The normalized spacial score (nSPS) is 19.3. The fourth-order valence-electron chi connectivity index (χ4n) is 2.83. The molecule has 2 aromatic carbocycles. The molecule has 1 N–H and O–H groups in total. The minimum atomic E-state index is 0.293. The molecule has 110 valence electrons. The molecule has 3 rings (SSSR count). The first-order valence-electron chi connectivity index (χ1n) is 7.23. The summed E-state index contributed by atoms with van der Waals surface area (Å²) in [5.41, 5.74) is 2.25. The van der Waals surface area contributed by atoms with E-state index in [0.29, 0.717) is 6.04 Å². The van der Waals surface area contributed by atoms with Gasteiger partial charge in [-0.3, -0.25) is 0 Å². The summed E-state index contributed by atoms with van der Waals surface area (Å²) < 4.78 is 0. The number of benzene rings is 2. The molecule has 1 fully saturated rings. The predicted octanol–water partition coefficient (Wildman–Crippen LogP) is 4.53. The first-order chi connectivity index (χ1) is 10.3. The summed E-state index contributed by atoms with van der Waals surface area (Å²) in [5.74, 6) is 0. The Morgan fingerprint density at radius 1 is 0.952 bits per heavy atom. The maximum atomic E-state index is 6.36. The van der Waals surface area contributed by atoms with Crippen molar-refractivity contribution in [2.24, 2.45) is 0 Å². The zero-order chi connectivity index (χ0) is 14.7. The minimum Gasteiger partial charge on any atom is -0.367 e. The van der Waals surface area contributed by atoms with Gasteiger partial charge >= 0.3 is 0 Å². The molecular formula is C17H18Cl2N2. The highest BCUT2D eigenvalue weighted by Crippen LogP contribution is 2.35. The van der Waals surface area contributed by atoms with Gasteiger partial charge in [0.2, 0.25) is 0 Å². The summed E-state index contributed by atoms with van der Waals surface area (Å²) in [6, 6.07) is 16.5. The Morgan fingerprint density at radius 3 is 2.38 bits per heavy atom. The van der Waals surface area contributed by atoms with Gasteiger partial charge in [0.1, 0.15) is 0 Å². The topological polar surface area (TPSA) is 15.3 Å². The summed E-state index contributed by atoms with van der Waals surface area (Å²) in [6.07, 6.45) is 1.07. The Bertz CT molecular complexity index is 581. The summed E-state index contributed by atoms with van der Waals surface area (Å²) >= 11 is 12.7. The van der Waals surface area contributed by atoms with Crippen molar-refractivity contribution in [1.82, 2.24) is 5.32 Å². The lowest BCUT2D eigenvalue weighted by atomic mass is 10.1. The van der Waals surface area contributed by atoms with Crippen LogP contribution < -0.4 is 10.2 Å². The molecule has 1 unspecified atom stereocenters. The molecule has 0 aliphatic carbocycles. The van der Waals surface area contributed by atoms with Crippen molar-refractivity contribution >= 4 is 28.9 Å². The molecule has 2 nitrogen and oxygen atoms in total. The highest BCUT2D eigenvalue weighted by Gasteiger charge is 2.22. The second-order valence-electron chi connectivity index (χ2n) is 5.29. The minimum absolute atomic E-state index is 0.293. The number of rotatable bonds is 2. The average molecular weight is 321 g/mol. The van der Waals surface area contributed by atoms with Crippen molar-refractivity contribution in [1.29, 1.82) is 0 Å². The fourth-order valence-corrected chi connectivity index (χ4v) is 3.46. The molecule has 0 aromatic heterocycles. The Kier molecular flexibility index (Phi) is 4.69. The van der Waals surface area contributed by atoms with E-state index < -0.39 is 0 Å². The van der Waals surface area contributed by atoms with Crippen LogP contribution in [0.15, 0.2) is 48.5 Å². The van der Waals surface area contributed by atoms with Gasteiger partial charge in [-0.2, -0.15) is 0 Å². The van der Waals surface area contributed by atoms with Crippen molar-refractivity contribution in [3.8, 4) is 0 Å². The van der Waals surface area contributed by atoms with Crippen molar-refractivity contribution in [3.63, 3.8) is 0 Å². The third-order valence-electron chi connectivity index (χ3n) is 3.85. The van der Waals surface area contributed by atoms with Crippen LogP contribution in [-0.2, 0) is 0 Å². The van der Waals surface area contributed by atoms with Crippen LogP contribution in [-0.4, -0.2) is 19.6 Å². The maximum absolute atomic E-state index is 6.36. The van der Waals surface area contributed by atoms with E-state index in [9.17, 15) is 0 Å². The van der Waals surface area contributed by atoms with E-state index in [1.165, 1.54) is 5.56 Å².